The van der Waals surface area contributed by atoms with Crippen LogP contribution in [-0.4, -0.2) is 27.8 Å². The van der Waals surface area contributed by atoms with Gasteiger partial charge in [-0.25, -0.2) is 9.78 Å². The zero-order valence-electron chi connectivity index (χ0n) is 15.1. The molecule has 5 nitrogen and oxygen atoms in total. The quantitative estimate of drug-likeness (QED) is 0.635. The van der Waals surface area contributed by atoms with E-state index in [4.69, 9.17) is 21.3 Å². The number of carbonyl (C=O) groups is 1. The van der Waals surface area contributed by atoms with E-state index >= 15 is 0 Å². The molecule has 0 aliphatic carbocycles. The Morgan fingerprint density at radius 2 is 2.00 bits per heavy atom. The molecule has 27 heavy (non-hydrogen) atoms. The number of fused-ring (bicyclic) bond motifs is 3. The number of aliphatic imine (C=N–C) groups is 1. The number of carbonyl (C=O) groups excluding carboxylic acids is 1. The molecule has 6 heteroatoms. The summed E-state index contributed by atoms with van der Waals surface area (Å²) in [5, 5.41) is 0.629. The molecule has 0 N–H and O–H groups in total. The number of aryl methyl sites for hydroxylation is 1. The van der Waals surface area contributed by atoms with Crippen LogP contribution in [0.15, 0.2) is 53.5 Å². The summed E-state index contributed by atoms with van der Waals surface area (Å²) < 4.78 is 7.15. The maximum absolute atomic E-state index is 12.4. The largest absolute Gasteiger partial charge is 0.461 e. The van der Waals surface area contributed by atoms with Gasteiger partial charge in [0, 0.05) is 16.1 Å². The minimum Gasteiger partial charge on any atom is -0.461 e. The molecule has 0 bridgehead atoms. The second-order valence-corrected chi connectivity index (χ2v) is 6.64. The van der Waals surface area contributed by atoms with E-state index in [1.54, 1.807) is 6.92 Å². The Labute approximate surface area is 162 Å². The van der Waals surface area contributed by atoms with Crippen LogP contribution >= 0.6 is 11.6 Å². The number of esters is 1. The maximum atomic E-state index is 12.4. The summed E-state index contributed by atoms with van der Waals surface area (Å²) in [5.74, 6) is 0.282. The molecule has 2 heterocycles. The molecule has 0 saturated carbocycles. The van der Waals surface area contributed by atoms with E-state index in [9.17, 15) is 4.79 Å². The first-order valence-corrected chi connectivity index (χ1v) is 9.13. The van der Waals surface area contributed by atoms with Crippen LogP contribution in [0.1, 0.15) is 40.1 Å². The Morgan fingerprint density at radius 1 is 1.22 bits per heavy atom. The van der Waals surface area contributed by atoms with Crippen molar-refractivity contribution >= 4 is 23.3 Å². The van der Waals surface area contributed by atoms with Gasteiger partial charge in [0.2, 0.25) is 0 Å². The lowest BCUT2D eigenvalue weighted by molar-refractivity contribution is 0.0518. The van der Waals surface area contributed by atoms with Gasteiger partial charge in [0.25, 0.3) is 0 Å². The predicted octanol–water partition coefficient (Wildman–Crippen LogP) is 4.36. The highest BCUT2D eigenvalue weighted by molar-refractivity contribution is 6.31. The standard InChI is InChI=1S/C21H18ClN3O2/c1-3-27-21(26)20-18-12-23-19(14-7-5-4-6-8-14)16-11-15(22)9-10-17(16)25(18)13(2)24-20/h4-11H,3,12H2,1-2H3. The zero-order chi connectivity index (χ0) is 19.0. The fourth-order valence-electron chi connectivity index (χ4n) is 3.38. The molecule has 0 atom stereocenters. The highest BCUT2D eigenvalue weighted by Gasteiger charge is 2.27. The van der Waals surface area contributed by atoms with E-state index in [2.05, 4.69) is 4.98 Å². The molecule has 1 aromatic heterocycles. The van der Waals surface area contributed by atoms with E-state index < -0.39 is 5.97 Å². The first-order chi connectivity index (χ1) is 13.1. The van der Waals surface area contributed by atoms with Crippen molar-refractivity contribution in [2.24, 2.45) is 4.99 Å². The molecule has 0 spiro atoms. The van der Waals surface area contributed by atoms with Crippen LogP contribution in [0.2, 0.25) is 5.02 Å². The number of halogens is 1. The predicted molar refractivity (Wildman–Crippen MR) is 105 cm³/mol. The van der Waals surface area contributed by atoms with E-state index in [1.807, 2.05) is 60.0 Å². The van der Waals surface area contributed by atoms with Crippen molar-refractivity contribution in [1.29, 1.82) is 0 Å². The average molecular weight is 380 g/mol. The third-order valence-corrected chi connectivity index (χ3v) is 4.73. The van der Waals surface area contributed by atoms with Gasteiger partial charge in [0.15, 0.2) is 5.69 Å². The number of aromatic nitrogens is 2. The third-order valence-electron chi connectivity index (χ3n) is 4.50. The molecule has 0 radical (unpaired) electrons. The van der Waals surface area contributed by atoms with Crippen molar-refractivity contribution < 1.29 is 9.53 Å². The van der Waals surface area contributed by atoms with Crippen molar-refractivity contribution in [2.45, 2.75) is 20.4 Å². The van der Waals surface area contributed by atoms with Crippen molar-refractivity contribution in [3.05, 3.63) is 81.9 Å². The number of nitrogens with zero attached hydrogens (tertiary/aromatic N) is 3. The van der Waals surface area contributed by atoms with Gasteiger partial charge >= 0.3 is 5.97 Å². The minimum atomic E-state index is -0.428. The van der Waals surface area contributed by atoms with Crippen LogP contribution in [0.25, 0.3) is 5.69 Å². The Bertz CT molecular complexity index is 1050. The van der Waals surface area contributed by atoms with Crippen molar-refractivity contribution in [1.82, 2.24) is 9.55 Å². The molecule has 1 aliphatic rings. The Kier molecular flexibility index (Phi) is 4.54. The summed E-state index contributed by atoms with van der Waals surface area (Å²) in [6.45, 7) is 4.28. The van der Waals surface area contributed by atoms with E-state index in [-0.39, 0.29) is 0 Å². The van der Waals surface area contributed by atoms with Crippen LogP contribution < -0.4 is 0 Å². The average Bonchev–Trinajstić information content (AvgIpc) is 2.90. The van der Waals surface area contributed by atoms with Crippen LogP contribution in [-0.2, 0) is 11.3 Å². The second-order valence-electron chi connectivity index (χ2n) is 6.20. The first kappa shape index (κ1) is 17.5. The van der Waals surface area contributed by atoms with Crippen LogP contribution in [0.5, 0.6) is 0 Å². The molecular weight excluding hydrogens is 362 g/mol. The van der Waals surface area contributed by atoms with Gasteiger partial charge in [-0.05, 0) is 32.0 Å². The summed E-state index contributed by atoms with van der Waals surface area (Å²) in [7, 11) is 0. The van der Waals surface area contributed by atoms with Crippen molar-refractivity contribution in [2.75, 3.05) is 6.61 Å². The highest BCUT2D eigenvalue weighted by Crippen LogP contribution is 2.30. The molecule has 2 aromatic carbocycles. The molecule has 0 saturated heterocycles. The topological polar surface area (TPSA) is 56.5 Å². The lowest BCUT2D eigenvalue weighted by Gasteiger charge is -2.13. The van der Waals surface area contributed by atoms with Gasteiger partial charge in [-0.1, -0.05) is 41.9 Å². The molecule has 136 valence electrons. The normalized spacial score (nSPS) is 12.6. The van der Waals surface area contributed by atoms with E-state index in [0.717, 1.165) is 28.2 Å². The first-order valence-electron chi connectivity index (χ1n) is 8.75. The van der Waals surface area contributed by atoms with Gasteiger partial charge < -0.3 is 4.74 Å². The fourth-order valence-corrected chi connectivity index (χ4v) is 3.55. The van der Waals surface area contributed by atoms with Crippen LogP contribution in [0.3, 0.4) is 0 Å². The number of imidazole rings is 1. The van der Waals surface area contributed by atoms with Gasteiger partial charge in [0.1, 0.15) is 5.82 Å². The zero-order valence-corrected chi connectivity index (χ0v) is 15.8. The van der Waals surface area contributed by atoms with Crippen LogP contribution in [0, 0.1) is 6.92 Å². The summed E-state index contributed by atoms with van der Waals surface area (Å²) >= 11 is 6.29. The van der Waals surface area contributed by atoms with E-state index in [0.29, 0.717) is 29.7 Å². The fraction of sp³-hybridized carbons (Fsp3) is 0.190. The molecule has 4 rings (SSSR count). The SMILES string of the molecule is CCOC(=O)c1nc(C)n2c1CN=C(c1ccccc1)c1cc(Cl)ccc1-2. The Morgan fingerprint density at radius 3 is 2.74 bits per heavy atom. The second kappa shape index (κ2) is 7.00. The van der Waals surface area contributed by atoms with Crippen LogP contribution in [0.4, 0.5) is 0 Å². The van der Waals surface area contributed by atoms with Gasteiger partial charge in [-0.15, -0.1) is 0 Å². The number of rotatable bonds is 3. The molecule has 0 amide bonds. The summed E-state index contributed by atoms with van der Waals surface area (Å²) in [4.78, 5) is 21.7. The maximum Gasteiger partial charge on any atom is 0.358 e. The number of hydrogen-bond donors (Lipinski definition) is 0. The molecular formula is C21H18ClN3O2. The number of ether oxygens (including phenoxy) is 1. The third kappa shape index (κ3) is 3.04. The summed E-state index contributed by atoms with van der Waals surface area (Å²) in [5.41, 5.74) is 4.67. The molecule has 1 aliphatic heterocycles. The van der Waals surface area contributed by atoms with Crippen molar-refractivity contribution in [3.8, 4) is 5.69 Å². The van der Waals surface area contributed by atoms with Crippen molar-refractivity contribution in [3.63, 3.8) is 0 Å². The smallest absolute Gasteiger partial charge is 0.358 e. The molecule has 0 fully saturated rings. The lowest BCUT2D eigenvalue weighted by atomic mass is 10.0. The molecule has 0 unspecified atom stereocenters. The van der Waals surface area contributed by atoms with Gasteiger partial charge in [-0.3, -0.25) is 9.56 Å². The molecule has 3 aromatic rings. The minimum absolute atomic E-state index is 0.301. The van der Waals surface area contributed by atoms with Gasteiger partial charge in [-0.2, -0.15) is 0 Å². The summed E-state index contributed by atoms with van der Waals surface area (Å²) in [6.07, 6.45) is 0. The monoisotopic (exact) mass is 379 g/mol. The van der Waals surface area contributed by atoms with E-state index in [1.165, 1.54) is 0 Å². The Balaban J connectivity index is 1.97. The lowest BCUT2D eigenvalue weighted by Crippen LogP contribution is -2.09. The number of benzene rings is 2. The Hall–Kier alpha value is -2.92. The summed E-state index contributed by atoms with van der Waals surface area (Å²) in [6, 6.07) is 15.6. The van der Waals surface area contributed by atoms with Gasteiger partial charge in [0.05, 0.1) is 30.2 Å². The highest BCUT2D eigenvalue weighted by atomic mass is 35.5. The number of hydrogen-bond acceptors (Lipinski definition) is 4.